The molecule has 1 aromatic rings. The first kappa shape index (κ1) is 9.71. The Balaban J connectivity index is 2.48. The monoisotopic (exact) mass is 192 g/mol. The van der Waals surface area contributed by atoms with Gasteiger partial charge in [-0.05, 0) is 30.4 Å². The van der Waals surface area contributed by atoms with Crippen molar-refractivity contribution in [1.82, 2.24) is 0 Å². The number of benzene rings is 1. The van der Waals surface area contributed by atoms with Gasteiger partial charge in [-0.2, -0.15) is 0 Å². The molecule has 0 radical (unpaired) electrons. The smallest absolute Gasteiger partial charge is 0.423 e. The third kappa shape index (κ3) is 1.45. The van der Waals surface area contributed by atoms with Crippen LogP contribution in [0.3, 0.4) is 0 Å². The lowest BCUT2D eigenvalue weighted by Crippen LogP contribution is -2.31. The Kier molecular flexibility index (Phi) is 2.14. The average Bonchev–Trinajstić information content (AvgIpc) is 2.42. The number of hydrogen-bond acceptors (Lipinski definition) is 3. The van der Waals surface area contributed by atoms with Gasteiger partial charge in [0.25, 0.3) is 0 Å². The van der Waals surface area contributed by atoms with Crippen LogP contribution in [-0.4, -0.2) is 17.2 Å². The van der Waals surface area contributed by atoms with Gasteiger partial charge in [0.05, 0.1) is 12.2 Å². The van der Waals surface area contributed by atoms with Crippen molar-refractivity contribution in [3.63, 3.8) is 0 Å². The quantitative estimate of drug-likeness (QED) is 0.622. The van der Waals surface area contributed by atoms with E-state index in [0.717, 1.165) is 11.1 Å². The third-order valence-electron chi connectivity index (χ3n) is 2.67. The van der Waals surface area contributed by atoms with E-state index in [9.17, 15) is 0 Å². The molecule has 2 rings (SSSR count). The van der Waals surface area contributed by atoms with E-state index in [1.54, 1.807) is 12.1 Å². The van der Waals surface area contributed by atoms with Crippen LogP contribution in [0.2, 0.25) is 0 Å². The van der Waals surface area contributed by atoms with Gasteiger partial charge in [-0.25, -0.2) is 0 Å². The van der Waals surface area contributed by atoms with Gasteiger partial charge in [-0.1, -0.05) is 18.2 Å². The fourth-order valence-electron chi connectivity index (χ4n) is 1.78. The highest BCUT2D eigenvalue weighted by molar-refractivity contribution is 6.58. The molecule has 3 nitrogen and oxygen atoms in total. The largest absolute Gasteiger partial charge is 0.488 e. The second-order valence-corrected chi connectivity index (χ2v) is 4.09. The average molecular weight is 192 g/mol. The maximum atomic E-state index is 9.04. The molecule has 2 N–H and O–H groups in total. The van der Waals surface area contributed by atoms with Crippen LogP contribution in [0.15, 0.2) is 18.2 Å². The SMILES string of the molecule is CC1(C)OCc2ccc(B(O)O)cc21. The van der Waals surface area contributed by atoms with Crippen molar-refractivity contribution < 1.29 is 14.8 Å². The highest BCUT2D eigenvalue weighted by Gasteiger charge is 2.31. The fraction of sp³-hybridized carbons (Fsp3) is 0.400. The minimum Gasteiger partial charge on any atom is -0.423 e. The molecule has 0 bridgehead atoms. The van der Waals surface area contributed by atoms with Crippen molar-refractivity contribution in [2.75, 3.05) is 0 Å². The van der Waals surface area contributed by atoms with Crippen LogP contribution in [0.4, 0.5) is 0 Å². The summed E-state index contributed by atoms with van der Waals surface area (Å²) in [4.78, 5) is 0. The maximum absolute atomic E-state index is 9.04. The van der Waals surface area contributed by atoms with E-state index in [1.165, 1.54) is 0 Å². The Morgan fingerprint density at radius 1 is 1.36 bits per heavy atom. The Morgan fingerprint density at radius 2 is 2.07 bits per heavy atom. The van der Waals surface area contributed by atoms with Crippen LogP contribution < -0.4 is 5.46 Å². The van der Waals surface area contributed by atoms with Crippen molar-refractivity contribution in [3.8, 4) is 0 Å². The highest BCUT2D eigenvalue weighted by atomic mass is 16.5. The number of ether oxygens (including phenoxy) is 1. The van der Waals surface area contributed by atoms with Crippen LogP contribution in [0, 0.1) is 0 Å². The molecular weight excluding hydrogens is 179 g/mol. The molecule has 0 spiro atoms. The molecule has 0 fully saturated rings. The Bertz CT molecular complexity index is 360. The molecule has 0 atom stereocenters. The second-order valence-electron chi connectivity index (χ2n) is 4.09. The predicted molar refractivity (Wildman–Crippen MR) is 54.1 cm³/mol. The predicted octanol–water partition coefficient (Wildman–Crippen LogP) is 0.132. The first-order valence-electron chi connectivity index (χ1n) is 4.64. The third-order valence-corrected chi connectivity index (χ3v) is 2.67. The van der Waals surface area contributed by atoms with Gasteiger partial charge in [0.15, 0.2) is 0 Å². The lowest BCUT2D eigenvalue weighted by atomic mass is 9.77. The summed E-state index contributed by atoms with van der Waals surface area (Å²) in [5.41, 5.74) is 2.37. The van der Waals surface area contributed by atoms with Gasteiger partial charge in [-0.3, -0.25) is 0 Å². The number of fused-ring (bicyclic) bond motifs is 1. The van der Waals surface area contributed by atoms with Gasteiger partial charge in [0, 0.05) is 0 Å². The van der Waals surface area contributed by atoms with Crippen molar-refractivity contribution in [2.24, 2.45) is 0 Å². The Hall–Kier alpha value is -0.835. The summed E-state index contributed by atoms with van der Waals surface area (Å²) in [7, 11) is -1.41. The fourth-order valence-corrected chi connectivity index (χ4v) is 1.78. The molecule has 0 aliphatic carbocycles. The zero-order valence-electron chi connectivity index (χ0n) is 8.32. The Labute approximate surface area is 83.5 Å². The molecule has 14 heavy (non-hydrogen) atoms. The van der Waals surface area contributed by atoms with Crippen molar-refractivity contribution in [1.29, 1.82) is 0 Å². The van der Waals surface area contributed by atoms with Crippen molar-refractivity contribution in [3.05, 3.63) is 29.3 Å². The first-order chi connectivity index (χ1) is 6.50. The lowest BCUT2D eigenvalue weighted by molar-refractivity contribution is -0.00786. The Morgan fingerprint density at radius 3 is 2.71 bits per heavy atom. The summed E-state index contributed by atoms with van der Waals surface area (Å²) in [6.45, 7) is 4.56. The second kappa shape index (κ2) is 3.09. The molecular formula is C10H13BO3. The summed E-state index contributed by atoms with van der Waals surface area (Å²) >= 11 is 0. The molecule has 0 unspecified atom stereocenters. The van der Waals surface area contributed by atoms with Gasteiger partial charge >= 0.3 is 7.12 Å². The van der Waals surface area contributed by atoms with Gasteiger partial charge in [0.1, 0.15) is 0 Å². The molecule has 1 heterocycles. The molecule has 1 aromatic carbocycles. The van der Waals surface area contributed by atoms with Crippen LogP contribution in [0.5, 0.6) is 0 Å². The summed E-state index contributed by atoms with van der Waals surface area (Å²) in [6, 6.07) is 5.40. The molecule has 4 heteroatoms. The molecule has 0 aromatic heterocycles. The zero-order valence-corrected chi connectivity index (χ0v) is 8.32. The standard InChI is InChI=1S/C10H13BO3/c1-10(2)9-5-8(11(12)13)4-3-7(9)6-14-10/h3-5,12-13H,6H2,1-2H3. The van der Waals surface area contributed by atoms with Crippen molar-refractivity contribution in [2.45, 2.75) is 26.1 Å². The van der Waals surface area contributed by atoms with Crippen LogP contribution in [-0.2, 0) is 16.9 Å². The van der Waals surface area contributed by atoms with E-state index in [2.05, 4.69) is 0 Å². The van der Waals surface area contributed by atoms with E-state index in [4.69, 9.17) is 14.8 Å². The van der Waals surface area contributed by atoms with Gasteiger partial charge < -0.3 is 14.8 Å². The molecule has 74 valence electrons. The van der Waals surface area contributed by atoms with E-state index in [0.29, 0.717) is 12.1 Å². The van der Waals surface area contributed by atoms with E-state index in [-0.39, 0.29) is 5.60 Å². The molecule has 0 saturated heterocycles. The number of rotatable bonds is 1. The van der Waals surface area contributed by atoms with E-state index in [1.807, 2.05) is 19.9 Å². The van der Waals surface area contributed by atoms with E-state index < -0.39 is 7.12 Å². The molecule has 0 saturated carbocycles. The summed E-state index contributed by atoms with van der Waals surface area (Å²) in [5, 5.41) is 18.1. The summed E-state index contributed by atoms with van der Waals surface area (Å²) in [5.74, 6) is 0. The van der Waals surface area contributed by atoms with Crippen LogP contribution in [0.25, 0.3) is 0 Å². The zero-order chi connectivity index (χ0) is 10.3. The highest BCUT2D eigenvalue weighted by Crippen LogP contribution is 2.34. The first-order valence-corrected chi connectivity index (χ1v) is 4.64. The minimum absolute atomic E-state index is 0.319. The van der Waals surface area contributed by atoms with Gasteiger partial charge in [-0.15, -0.1) is 0 Å². The van der Waals surface area contributed by atoms with Crippen LogP contribution in [0.1, 0.15) is 25.0 Å². The topological polar surface area (TPSA) is 49.7 Å². The molecule has 1 aliphatic rings. The molecule has 1 aliphatic heterocycles. The van der Waals surface area contributed by atoms with Crippen LogP contribution >= 0.6 is 0 Å². The molecule has 0 amide bonds. The van der Waals surface area contributed by atoms with Crippen molar-refractivity contribution >= 4 is 12.6 Å². The normalized spacial score (nSPS) is 18.0. The maximum Gasteiger partial charge on any atom is 0.488 e. The number of hydrogen-bond donors (Lipinski definition) is 2. The lowest BCUT2D eigenvalue weighted by Gasteiger charge is -2.18. The minimum atomic E-state index is -1.41. The summed E-state index contributed by atoms with van der Waals surface area (Å²) in [6.07, 6.45) is 0. The summed E-state index contributed by atoms with van der Waals surface area (Å²) < 4.78 is 5.58. The van der Waals surface area contributed by atoms with E-state index >= 15 is 0 Å². The van der Waals surface area contributed by atoms with Gasteiger partial charge in [0.2, 0.25) is 0 Å².